The molecular weight excluding hydrogens is 356 g/mol. The number of anilines is 1. The van der Waals surface area contributed by atoms with Gasteiger partial charge in [0.25, 0.3) is 0 Å². The van der Waals surface area contributed by atoms with E-state index in [2.05, 4.69) is 61.8 Å². The lowest BCUT2D eigenvalue weighted by molar-refractivity contribution is 0.199. The van der Waals surface area contributed by atoms with Gasteiger partial charge in [-0.3, -0.25) is 4.90 Å². The van der Waals surface area contributed by atoms with Gasteiger partial charge in [-0.1, -0.05) is 37.6 Å². The lowest BCUT2D eigenvalue weighted by atomic mass is 10.0. The topological polar surface area (TPSA) is 15.7 Å². The molecule has 2 aromatic rings. The molecule has 0 aliphatic carbocycles. The summed E-state index contributed by atoms with van der Waals surface area (Å²) < 4.78 is 6.16. The Hall–Kier alpha value is -1.71. The van der Waals surface area contributed by atoms with E-state index in [1.54, 1.807) is 0 Å². The molecule has 3 nitrogen and oxygen atoms in total. The van der Waals surface area contributed by atoms with Crippen LogP contribution in [0.2, 0.25) is 5.02 Å². The largest absolute Gasteiger partial charge is 0.492 e. The first-order chi connectivity index (χ1) is 12.9. The first-order valence-corrected chi connectivity index (χ1v) is 10.3. The highest BCUT2D eigenvalue weighted by molar-refractivity contribution is 6.30. The fraction of sp³-hybridized carbons (Fsp3) is 0.478. The van der Waals surface area contributed by atoms with Crippen LogP contribution in [0.5, 0.6) is 5.75 Å². The summed E-state index contributed by atoms with van der Waals surface area (Å²) in [4.78, 5) is 4.95. The SMILES string of the molecule is Cc1ccc(C(C)C)c(OCCN2CCN(c3ccc(Cl)cc3C)CC2)c1. The predicted molar refractivity (Wildman–Crippen MR) is 116 cm³/mol. The minimum absolute atomic E-state index is 0.478. The van der Waals surface area contributed by atoms with Crippen molar-refractivity contribution in [3.05, 3.63) is 58.1 Å². The van der Waals surface area contributed by atoms with Crippen LogP contribution < -0.4 is 9.64 Å². The zero-order valence-electron chi connectivity index (χ0n) is 17.0. The molecule has 0 spiro atoms. The third kappa shape index (κ3) is 5.18. The van der Waals surface area contributed by atoms with Crippen molar-refractivity contribution in [1.29, 1.82) is 0 Å². The molecule has 0 radical (unpaired) electrons. The summed E-state index contributed by atoms with van der Waals surface area (Å²) >= 11 is 6.09. The Kier molecular flexibility index (Phi) is 6.67. The molecule has 1 fully saturated rings. The Morgan fingerprint density at radius 3 is 2.41 bits per heavy atom. The second-order valence-corrected chi connectivity index (χ2v) is 8.24. The van der Waals surface area contributed by atoms with Gasteiger partial charge in [0.2, 0.25) is 0 Å². The maximum atomic E-state index is 6.16. The van der Waals surface area contributed by atoms with Crippen molar-refractivity contribution in [2.24, 2.45) is 0 Å². The number of nitrogens with zero attached hydrogens (tertiary/aromatic N) is 2. The maximum absolute atomic E-state index is 6.16. The summed E-state index contributed by atoms with van der Waals surface area (Å²) in [5.74, 6) is 1.52. The van der Waals surface area contributed by atoms with Gasteiger partial charge in [0.15, 0.2) is 0 Å². The van der Waals surface area contributed by atoms with Crippen LogP contribution in [0.1, 0.15) is 36.5 Å². The van der Waals surface area contributed by atoms with E-state index < -0.39 is 0 Å². The van der Waals surface area contributed by atoms with Gasteiger partial charge in [0.05, 0.1) is 0 Å². The van der Waals surface area contributed by atoms with Gasteiger partial charge in [-0.15, -0.1) is 0 Å². The first kappa shape index (κ1) is 20.0. The van der Waals surface area contributed by atoms with Crippen molar-refractivity contribution in [1.82, 2.24) is 4.90 Å². The predicted octanol–water partition coefficient (Wildman–Crippen LogP) is 5.28. The van der Waals surface area contributed by atoms with Gasteiger partial charge in [-0.05, 0) is 60.7 Å². The molecule has 3 rings (SSSR count). The zero-order valence-corrected chi connectivity index (χ0v) is 17.7. The molecule has 4 heteroatoms. The van der Waals surface area contributed by atoms with E-state index in [-0.39, 0.29) is 0 Å². The molecule has 0 saturated carbocycles. The van der Waals surface area contributed by atoms with Crippen LogP contribution in [0.3, 0.4) is 0 Å². The summed E-state index contributed by atoms with van der Waals surface area (Å²) in [5.41, 5.74) is 5.10. The van der Waals surface area contributed by atoms with Crippen molar-refractivity contribution in [3.8, 4) is 5.75 Å². The van der Waals surface area contributed by atoms with Crippen LogP contribution in [0.25, 0.3) is 0 Å². The van der Waals surface area contributed by atoms with Crippen LogP contribution in [-0.4, -0.2) is 44.2 Å². The highest BCUT2D eigenvalue weighted by atomic mass is 35.5. The van der Waals surface area contributed by atoms with Gasteiger partial charge in [-0.2, -0.15) is 0 Å². The fourth-order valence-electron chi connectivity index (χ4n) is 3.71. The first-order valence-electron chi connectivity index (χ1n) is 9.91. The number of halogens is 1. The summed E-state index contributed by atoms with van der Waals surface area (Å²) in [5, 5.41) is 0.809. The minimum atomic E-state index is 0.478. The van der Waals surface area contributed by atoms with E-state index in [1.807, 2.05) is 12.1 Å². The fourth-order valence-corrected chi connectivity index (χ4v) is 3.94. The van der Waals surface area contributed by atoms with Crippen LogP contribution in [0, 0.1) is 13.8 Å². The van der Waals surface area contributed by atoms with Crippen molar-refractivity contribution < 1.29 is 4.74 Å². The molecule has 2 aromatic carbocycles. The normalized spacial score (nSPS) is 15.4. The number of ether oxygens (including phenoxy) is 1. The number of hydrogen-bond donors (Lipinski definition) is 0. The highest BCUT2D eigenvalue weighted by Gasteiger charge is 2.18. The molecule has 146 valence electrons. The van der Waals surface area contributed by atoms with E-state index in [1.165, 1.54) is 22.4 Å². The smallest absolute Gasteiger partial charge is 0.123 e. The average Bonchev–Trinajstić information content (AvgIpc) is 2.62. The molecule has 0 atom stereocenters. The van der Waals surface area contributed by atoms with Crippen molar-refractivity contribution in [2.75, 3.05) is 44.2 Å². The summed E-state index contributed by atoms with van der Waals surface area (Å²) in [6.45, 7) is 14.6. The maximum Gasteiger partial charge on any atom is 0.123 e. The van der Waals surface area contributed by atoms with E-state index in [9.17, 15) is 0 Å². The van der Waals surface area contributed by atoms with Gasteiger partial charge in [0.1, 0.15) is 12.4 Å². The van der Waals surface area contributed by atoms with E-state index >= 15 is 0 Å². The Bertz CT molecular complexity index is 767. The quantitative estimate of drug-likeness (QED) is 0.671. The van der Waals surface area contributed by atoms with Crippen molar-refractivity contribution >= 4 is 17.3 Å². The van der Waals surface area contributed by atoms with Gasteiger partial charge >= 0.3 is 0 Å². The number of aryl methyl sites for hydroxylation is 2. The summed E-state index contributed by atoms with van der Waals surface area (Å²) in [6, 6.07) is 12.7. The Balaban J connectivity index is 1.50. The second-order valence-electron chi connectivity index (χ2n) is 7.80. The monoisotopic (exact) mass is 386 g/mol. The zero-order chi connectivity index (χ0) is 19.4. The third-order valence-corrected chi connectivity index (χ3v) is 5.56. The molecule has 0 bridgehead atoms. The molecule has 0 amide bonds. The second kappa shape index (κ2) is 8.99. The number of hydrogen-bond acceptors (Lipinski definition) is 3. The van der Waals surface area contributed by atoms with Crippen LogP contribution in [0.15, 0.2) is 36.4 Å². The van der Waals surface area contributed by atoms with Crippen molar-refractivity contribution in [3.63, 3.8) is 0 Å². The highest BCUT2D eigenvalue weighted by Crippen LogP contribution is 2.28. The van der Waals surface area contributed by atoms with Crippen molar-refractivity contribution in [2.45, 2.75) is 33.6 Å². The van der Waals surface area contributed by atoms with Crippen LogP contribution in [-0.2, 0) is 0 Å². The molecule has 1 saturated heterocycles. The molecule has 1 aliphatic heterocycles. The van der Waals surface area contributed by atoms with Crippen LogP contribution in [0.4, 0.5) is 5.69 Å². The average molecular weight is 387 g/mol. The molecule has 0 N–H and O–H groups in total. The lowest BCUT2D eigenvalue weighted by Gasteiger charge is -2.36. The summed E-state index contributed by atoms with van der Waals surface area (Å²) in [7, 11) is 0. The number of rotatable bonds is 6. The standard InChI is InChI=1S/C23H31ClN2O/c1-17(2)21-7-5-18(3)15-23(21)27-14-13-25-9-11-26(12-10-25)22-8-6-20(24)16-19(22)4/h5-8,15-17H,9-14H2,1-4H3. The third-order valence-electron chi connectivity index (χ3n) is 5.33. The lowest BCUT2D eigenvalue weighted by Crippen LogP contribution is -2.47. The van der Waals surface area contributed by atoms with Gasteiger partial charge < -0.3 is 9.64 Å². The Morgan fingerprint density at radius 1 is 1.00 bits per heavy atom. The molecule has 0 aromatic heterocycles. The Labute approximate surface area is 168 Å². The molecular formula is C23H31ClN2O. The van der Waals surface area contributed by atoms with E-state index in [4.69, 9.17) is 16.3 Å². The van der Waals surface area contributed by atoms with Crippen LogP contribution >= 0.6 is 11.6 Å². The minimum Gasteiger partial charge on any atom is -0.492 e. The number of piperazine rings is 1. The van der Waals surface area contributed by atoms with Gasteiger partial charge in [-0.25, -0.2) is 0 Å². The van der Waals surface area contributed by atoms with E-state index in [0.717, 1.165) is 50.1 Å². The molecule has 1 heterocycles. The summed E-state index contributed by atoms with van der Waals surface area (Å²) in [6.07, 6.45) is 0. The number of benzene rings is 2. The Morgan fingerprint density at radius 2 is 1.74 bits per heavy atom. The molecule has 0 unspecified atom stereocenters. The van der Waals surface area contributed by atoms with E-state index in [0.29, 0.717) is 5.92 Å². The molecule has 1 aliphatic rings. The molecule has 27 heavy (non-hydrogen) atoms. The van der Waals surface area contributed by atoms with Gasteiger partial charge in [0, 0.05) is 43.4 Å².